The number of ether oxygens (including phenoxy) is 1. The van der Waals surface area contributed by atoms with Crippen molar-refractivity contribution < 1.29 is 9.53 Å². The Morgan fingerprint density at radius 3 is 2.93 bits per heavy atom. The van der Waals surface area contributed by atoms with Crippen molar-refractivity contribution in [3.63, 3.8) is 0 Å². The molecule has 144 valence electrons. The van der Waals surface area contributed by atoms with Gasteiger partial charge in [0.2, 0.25) is 0 Å². The topological polar surface area (TPSA) is 114 Å². The summed E-state index contributed by atoms with van der Waals surface area (Å²) in [4.78, 5) is 25.7. The molecule has 2 N–H and O–H groups in total. The van der Waals surface area contributed by atoms with Crippen LogP contribution in [0, 0.1) is 11.3 Å². The standard InChI is InChI=1S/C20H21N5O2S/c1-20(9-15(12-27-2)28-19(22)25-20)18-8-13(5-6-23-18)7-17(26)16-4-3-14(10-21)11-24-16/h3-6,8,11,15H,7,9,12H2,1-2H3,(H2,22,25)/t15-,20-/m0/s1. The molecule has 0 aromatic carbocycles. The quantitative estimate of drug-likeness (QED) is 0.747. The molecule has 0 saturated heterocycles. The number of rotatable bonds is 6. The van der Waals surface area contributed by atoms with E-state index in [1.807, 2.05) is 25.1 Å². The fourth-order valence-electron chi connectivity index (χ4n) is 3.19. The van der Waals surface area contributed by atoms with Crippen LogP contribution < -0.4 is 5.73 Å². The first-order valence-electron chi connectivity index (χ1n) is 8.79. The van der Waals surface area contributed by atoms with E-state index in [4.69, 9.17) is 15.7 Å². The minimum absolute atomic E-state index is 0.119. The molecule has 2 aromatic heterocycles. The second-order valence-corrected chi connectivity index (χ2v) is 8.14. The van der Waals surface area contributed by atoms with Gasteiger partial charge < -0.3 is 10.5 Å². The number of hydrogen-bond acceptors (Lipinski definition) is 8. The van der Waals surface area contributed by atoms with Crippen LogP contribution in [0.3, 0.4) is 0 Å². The van der Waals surface area contributed by atoms with E-state index in [2.05, 4.69) is 15.0 Å². The van der Waals surface area contributed by atoms with Crippen LogP contribution in [-0.4, -0.2) is 39.9 Å². The Morgan fingerprint density at radius 1 is 1.43 bits per heavy atom. The van der Waals surface area contributed by atoms with Gasteiger partial charge in [-0.25, -0.2) is 4.99 Å². The van der Waals surface area contributed by atoms with Crippen LogP contribution in [0.4, 0.5) is 0 Å². The van der Waals surface area contributed by atoms with Crippen molar-refractivity contribution in [2.45, 2.75) is 30.6 Å². The minimum atomic E-state index is -0.565. The lowest BCUT2D eigenvalue weighted by atomic mass is 9.90. The van der Waals surface area contributed by atoms with Crippen LogP contribution in [0.2, 0.25) is 0 Å². The third-order valence-electron chi connectivity index (χ3n) is 4.54. The molecule has 28 heavy (non-hydrogen) atoms. The molecule has 0 bridgehead atoms. The van der Waals surface area contributed by atoms with Crippen molar-refractivity contribution in [1.29, 1.82) is 5.26 Å². The molecule has 0 amide bonds. The molecule has 0 spiro atoms. The largest absolute Gasteiger partial charge is 0.384 e. The van der Waals surface area contributed by atoms with Crippen LogP contribution in [0.1, 0.15) is 40.7 Å². The first kappa shape index (κ1) is 20.0. The first-order chi connectivity index (χ1) is 13.4. The Morgan fingerprint density at radius 2 is 2.25 bits per heavy atom. The second kappa shape index (κ2) is 8.50. The predicted octanol–water partition coefficient (Wildman–Crippen LogP) is 2.46. The number of nitrogens with zero attached hydrogens (tertiary/aromatic N) is 4. The van der Waals surface area contributed by atoms with Crippen molar-refractivity contribution in [1.82, 2.24) is 9.97 Å². The van der Waals surface area contributed by atoms with Gasteiger partial charge in [-0.2, -0.15) is 5.26 Å². The molecule has 3 heterocycles. The van der Waals surface area contributed by atoms with Crippen LogP contribution in [0.15, 0.2) is 41.7 Å². The van der Waals surface area contributed by atoms with Gasteiger partial charge in [-0.3, -0.25) is 14.8 Å². The van der Waals surface area contributed by atoms with E-state index in [0.29, 0.717) is 23.0 Å². The molecule has 3 rings (SSSR count). The SMILES string of the molecule is COC[C@@H]1C[C@@](C)(c2cc(CC(=O)c3ccc(C#N)cn3)ccn2)N=C(N)S1. The summed E-state index contributed by atoms with van der Waals surface area (Å²) in [5.41, 5.74) is 7.83. The number of nitrogens with two attached hydrogens (primary N) is 1. The number of carbonyl (C=O) groups excluding carboxylic acids is 1. The monoisotopic (exact) mass is 395 g/mol. The Labute approximate surface area is 168 Å². The summed E-state index contributed by atoms with van der Waals surface area (Å²) in [6.07, 6.45) is 4.03. The van der Waals surface area contributed by atoms with Crippen LogP contribution in [0.25, 0.3) is 0 Å². The Kier molecular flexibility index (Phi) is 6.07. The second-order valence-electron chi connectivity index (χ2n) is 6.82. The molecule has 1 aliphatic heterocycles. The summed E-state index contributed by atoms with van der Waals surface area (Å²) < 4.78 is 5.28. The average Bonchev–Trinajstić information content (AvgIpc) is 2.68. The molecule has 0 aliphatic carbocycles. The molecule has 2 aromatic rings. The molecular formula is C20H21N5O2S. The van der Waals surface area contributed by atoms with Gasteiger partial charge in [0.15, 0.2) is 11.0 Å². The highest BCUT2D eigenvalue weighted by molar-refractivity contribution is 8.14. The number of aromatic nitrogens is 2. The Hall–Kier alpha value is -2.76. The number of hydrogen-bond donors (Lipinski definition) is 1. The van der Waals surface area contributed by atoms with Crippen LogP contribution >= 0.6 is 11.8 Å². The number of Topliss-reactive ketones (excluding diaryl/α,β-unsaturated/α-hetero) is 1. The maximum atomic E-state index is 12.5. The normalized spacial score (nSPS) is 21.6. The van der Waals surface area contributed by atoms with Gasteiger partial charge in [-0.15, -0.1) is 0 Å². The third kappa shape index (κ3) is 4.55. The van der Waals surface area contributed by atoms with Gasteiger partial charge in [0.25, 0.3) is 0 Å². The highest BCUT2D eigenvalue weighted by atomic mass is 32.2. The molecule has 2 atom stereocenters. The van der Waals surface area contributed by atoms with Crippen LogP contribution in [-0.2, 0) is 16.7 Å². The number of ketones is 1. The Bertz CT molecular complexity index is 938. The lowest BCUT2D eigenvalue weighted by molar-refractivity contribution is 0.0988. The van der Waals surface area contributed by atoms with Crippen molar-refractivity contribution in [3.05, 3.63) is 59.2 Å². The number of aliphatic imine (C=N–C) groups is 1. The lowest BCUT2D eigenvalue weighted by Gasteiger charge is -2.33. The smallest absolute Gasteiger partial charge is 0.185 e. The lowest BCUT2D eigenvalue weighted by Crippen LogP contribution is -2.36. The number of thioether (sulfide) groups is 1. The molecular weight excluding hydrogens is 374 g/mol. The molecule has 0 fully saturated rings. The third-order valence-corrected chi connectivity index (χ3v) is 5.51. The highest BCUT2D eigenvalue weighted by Gasteiger charge is 2.36. The number of nitriles is 1. The van der Waals surface area contributed by atoms with Gasteiger partial charge in [0, 0.05) is 31.2 Å². The van der Waals surface area contributed by atoms with Crippen molar-refractivity contribution in [2.24, 2.45) is 10.7 Å². The van der Waals surface area contributed by atoms with Gasteiger partial charge >= 0.3 is 0 Å². The summed E-state index contributed by atoms with van der Waals surface area (Å²) in [6, 6.07) is 8.87. The van der Waals surface area contributed by atoms with E-state index in [1.54, 1.807) is 25.4 Å². The van der Waals surface area contributed by atoms with E-state index in [1.165, 1.54) is 18.0 Å². The molecule has 0 radical (unpaired) electrons. The summed E-state index contributed by atoms with van der Waals surface area (Å²) >= 11 is 1.51. The van der Waals surface area contributed by atoms with E-state index in [-0.39, 0.29) is 17.5 Å². The van der Waals surface area contributed by atoms with E-state index in [9.17, 15) is 4.79 Å². The molecule has 1 aliphatic rings. The summed E-state index contributed by atoms with van der Waals surface area (Å²) in [7, 11) is 1.67. The zero-order valence-corrected chi connectivity index (χ0v) is 16.6. The summed E-state index contributed by atoms with van der Waals surface area (Å²) in [5.74, 6) is -0.119. The average molecular weight is 395 g/mol. The van der Waals surface area contributed by atoms with E-state index in [0.717, 1.165) is 17.7 Å². The van der Waals surface area contributed by atoms with E-state index >= 15 is 0 Å². The number of amidine groups is 1. The van der Waals surface area contributed by atoms with Crippen molar-refractivity contribution >= 4 is 22.7 Å². The minimum Gasteiger partial charge on any atom is -0.384 e. The van der Waals surface area contributed by atoms with Gasteiger partial charge in [-0.1, -0.05) is 11.8 Å². The van der Waals surface area contributed by atoms with Gasteiger partial charge in [-0.05, 0) is 43.2 Å². The Balaban J connectivity index is 1.80. The number of pyridine rings is 2. The molecule has 8 heteroatoms. The zero-order chi connectivity index (χ0) is 20.1. The molecule has 0 unspecified atom stereocenters. The maximum Gasteiger partial charge on any atom is 0.185 e. The summed E-state index contributed by atoms with van der Waals surface area (Å²) in [6.45, 7) is 2.58. The number of carbonyl (C=O) groups is 1. The van der Waals surface area contributed by atoms with Crippen molar-refractivity contribution in [2.75, 3.05) is 13.7 Å². The van der Waals surface area contributed by atoms with E-state index < -0.39 is 5.54 Å². The first-order valence-corrected chi connectivity index (χ1v) is 9.67. The van der Waals surface area contributed by atoms with Crippen LogP contribution in [0.5, 0.6) is 0 Å². The summed E-state index contributed by atoms with van der Waals surface area (Å²) in [5, 5.41) is 9.55. The fourth-order valence-corrected chi connectivity index (χ4v) is 4.40. The van der Waals surface area contributed by atoms with Gasteiger partial charge in [0.1, 0.15) is 17.3 Å². The molecule has 0 saturated carbocycles. The zero-order valence-electron chi connectivity index (χ0n) is 15.8. The number of methoxy groups -OCH3 is 1. The predicted molar refractivity (Wildman–Crippen MR) is 108 cm³/mol. The van der Waals surface area contributed by atoms with Crippen molar-refractivity contribution in [3.8, 4) is 6.07 Å². The molecule has 7 nitrogen and oxygen atoms in total. The van der Waals surface area contributed by atoms with Gasteiger partial charge in [0.05, 0.1) is 17.9 Å². The highest BCUT2D eigenvalue weighted by Crippen LogP contribution is 2.38. The fraction of sp³-hybridized carbons (Fsp3) is 0.350. The maximum absolute atomic E-state index is 12.5.